The Hall–Kier alpha value is -0.0400. The minimum atomic E-state index is 0.404. The first-order valence-corrected chi connectivity index (χ1v) is 7.20. The van der Waals surface area contributed by atoms with E-state index in [9.17, 15) is 0 Å². The zero-order valence-corrected chi connectivity index (χ0v) is 11.8. The van der Waals surface area contributed by atoms with Gasteiger partial charge in [-0.05, 0) is 37.5 Å². The molecule has 0 amide bonds. The lowest BCUT2D eigenvalue weighted by molar-refractivity contribution is -0.0392. The fourth-order valence-electron chi connectivity index (χ4n) is 2.69. The van der Waals surface area contributed by atoms with Crippen LogP contribution in [0.3, 0.4) is 0 Å². The molecule has 0 saturated heterocycles. The predicted octanol–water partition coefficient (Wildman–Crippen LogP) is 4.65. The van der Waals surface area contributed by atoms with Gasteiger partial charge >= 0.3 is 0 Å². The second kappa shape index (κ2) is 6.64. The third-order valence-electron chi connectivity index (χ3n) is 4.41. The van der Waals surface area contributed by atoms with Crippen molar-refractivity contribution in [1.29, 1.82) is 0 Å². The summed E-state index contributed by atoms with van der Waals surface area (Å²) in [7, 11) is 0. The number of rotatable bonds is 6. The summed E-state index contributed by atoms with van der Waals surface area (Å²) in [6, 6.07) is 0. The fraction of sp³-hybridized carbons (Fsp3) is 1.00. The van der Waals surface area contributed by atoms with Gasteiger partial charge < -0.3 is 4.74 Å². The van der Waals surface area contributed by atoms with Crippen molar-refractivity contribution < 1.29 is 4.74 Å². The van der Waals surface area contributed by atoms with E-state index in [2.05, 4.69) is 34.6 Å². The van der Waals surface area contributed by atoms with Gasteiger partial charge in [-0.25, -0.2) is 0 Å². The van der Waals surface area contributed by atoms with Crippen LogP contribution in [0.1, 0.15) is 66.7 Å². The number of hydrogen-bond donors (Lipinski definition) is 0. The van der Waals surface area contributed by atoms with Gasteiger partial charge in [0.25, 0.3) is 0 Å². The zero-order valence-electron chi connectivity index (χ0n) is 11.8. The highest BCUT2D eigenvalue weighted by Crippen LogP contribution is 2.35. The molecule has 0 bridgehead atoms. The van der Waals surface area contributed by atoms with Crippen molar-refractivity contribution in [1.82, 2.24) is 0 Å². The minimum Gasteiger partial charge on any atom is -0.375 e. The van der Waals surface area contributed by atoms with E-state index in [1.54, 1.807) is 0 Å². The molecule has 0 radical (unpaired) electrons. The van der Waals surface area contributed by atoms with Gasteiger partial charge in [0, 0.05) is 0 Å². The molecule has 3 unspecified atom stereocenters. The van der Waals surface area contributed by atoms with Crippen LogP contribution < -0.4 is 0 Å². The quantitative estimate of drug-likeness (QED) is 0.640. The average molecular weight is 226 g/mol. The van der Waals surface area contributed by atoms with Gasteiger partial charge in [-0.1, -0.05) is 47.0 Å². The van der Waals surface area contributed by atoms with Gasteiger partial charge in [0.15, 0.2) is 0 Å². The molecule has 0 aromatic rings. The second-order valence-corrected chi connectivity index (χ2v) is 6.02. The third kappa shape index (κ3) is 4.08. The van der Waals surface area contributed by atoms with Crippen molar-refractivity contribution in [2.75, 3.05) is 0 Å². The summed E-state index contributed by atoms with van der Waals surface area (Å²) >= 11 is 0. The summed E-state index contributed by atoms with van der Waals surface area (Å²) in [6.45, 7) is 11.4. The molecule has 1 rings (SSSR count). The van der Waals surface area contributed by atoms with Gasteiger partial charge in [0.2, 0.25) is 0 Å². The van der Waals surface area contributed by atoms with E-state index < -0.39 is 0 Å². The Bertz CT molecular complexity index is 188. The van der Waals surface area contributed by atoms with E-state index in [1.807, 2.05) is 0 Å². The standard InChI is InChI=1S/C15H30O/c1-6-15(16-13(5)11(2)3)10-14-9-7-8-12(14)4/h11-15H,6-10H2,1-5H3/t12?,13-,14?,15?/m1/s1. The highest BCUT2D eigenvalue weighted by Gasteiger charge is 2.26. The maximum Gasteiger partial charge on any atom is 0.0579 e. The summed E-state index contributed by atoms with van der Waals surface area (Å²) in [6.07, 6.45) is 7.64. The van der Waals surface area contributed by atoms with Crippen molar-refractivity contribution >= 4 is 0 Å². The van der Waals surface area contributed by atoms with Gasteiger partial charge in [0.1, 0.15) is 0 Å². The molecule has 1 heteroatoms. The second-order valence-electron chi connectivity index (χ2n) is 6.02. The fourth-order valence-corrected chi connectivity index (χ4v) is 2.69. The van der Waals surface area contributed by atoms with Gasteiger partial charge in [-0.3, -0.25) is 0 Å². The van der Waals surface area contributed by atoms with E-state index >= 15 is 0 Å². The van der Waals surface area contributed by atoms with Crippen LogP contribution in [0.15, 0.2) is 0 Å². The molecule has 1 fully saturated rings. The van der Waals surface area contributed by atoms with Crippen molar-refractivity contribution in [2.24, 2.45) is 17.8 Å². The molecule has 0 aromatic heterocycles. The smallest absolute Gasteiger partial charge is 0.0579 e. The van der Waals surface area contributed by atoms with E-state index in [0.717, 1.165) is 11.8 Å². The molecule has 1 saturated carbocycles. The lowest BCUT2D eigenvalue weighted by Crippen LogP contribution is -2.26. The maximum atomic E-state index is 6.17. The molecule has 0 heterocycles. The Morgan fingerprint density at radius 1 is 1.19 bits per heavy atom. The highest BCUT2D eigenvalue weighted by molar-refractivity contribution is 4.77. The van der Waals surface area contributed by atoms with Gasteiger partial charge in [0.05, 0.1) is 12.2 Å². The van der Waals surface area contributed by atoms with Crippen LogP contribution in [-0.4, -0.2) is 12.2 Å². The average Bonchev–Trinajstić information content (AvgIpc) is 2.63. The number of ether oxygens (including phenoxy) is 1. The number of hydrogen-bond acceptors (Lipinski definition) is 1. The molecule has 96 valence electrons. The summed E-state index contributed by atoms with van der Waals surface area (Å²) < 4.78 is 6.17. The van der Waals surface area contributed by atoms with Crippen LogP contribution >= 0.6 is 0 Å². The Balaban J connectivity index is 2.36. The van der Waals surface area contributed by atoms with Crippen LogP contribution in [0.4, 0.5) is 0 Å². The van der Waals surface area contributed by atoms with Crippen molar-refractivity contribution in [3.8, 4) is 0 Å². The molecule has 0 N–H and O–H groups in total. The monoisotopic (exact) mass is 226 g/mol. The molecule has 16 heavy (non-hydrogen) atoms. The van der Waals surface area contributed by atoms with Crippen LogP contribution in [0.2, 0.25) is 0 Å². The summed E-state index contributed by atoms with van der Waals surface area (Å²) in [5, 5.41) is 0. The lowest BCUT2D eigenvalue weighted by Gasteiger charge is -2.27. The van der Waals surface area contributed by atoms with Crippen molar-refractivity contribution in [3.63, 3.8) is 0 Å². The van der Waals surface area contributed by atoms with Crippen LogP contribution in [-0.2, 0) is 4.74 Å². The molecule has 1 aliphatic rings. The molecular formula is C15H30O. The largest absolute Gasteiger partial charge is 0.375 e. The van der Waals surface area contributed by atoms with E-state index in [0.29, 0.717) is 18.1 Å². The molecule has 1 nitrogen and oxygen atoms in total. The van der Waals surface area contributed by atoms with E-state index in [1.165, 1.54) is 32.1 Å². The van der Waals surface area contributed by atoms with Crippen molar-refractivity contribution in [3.05, 3.63) is 0 Å². The topological polar surface area (TPSA) is 9.23 Å². The maximum absolute atomic E-state index is 6.17. The predicted molar refractivity (Wildman–Crippen MR) is 70.6 cm³/mol. The van der Waals surface area contributed by atoms with Crippen molar-refractivity contribution in [2.45, 2.75) is 78.9 Å². The molecule has 0 spiro atoms. The first-order valence-electron chi connectivity index (χ1n) is 7.20. The first-order chi connectivity index (χ1) is 7.54. The SMILES string of the molecule is CCC(CC1CCCC1C)O[C@H](C)C(C)C. The van der Waals surface area contributed by atoms with Gasteiger partial charge in [-0.15, -0.1) is 0 Å². The summed E-state index contributed by atoms with van der Waals surface area (Å²) in [5.41, 5.74) is 0. The van der Waals surface area contributed by atoms with Gasteiger partial charge in [-0.2, -0.15) is 0 Å². The van der Waals surface area contributed by atoms with Crippen LogP contribution in [0, 0.1) is 17.8 Å². The van der Waals surface area contributed by atoms with Crippen LogP contribution in [0.5, 0.6) is 0 Å². The zero-order chi connectivity index (χ0) is 12.1. The normalized spacial score (nSPS) is 29.6. The van der Waals surface area contributed by atoms with E-state index in [-0.39, 0.29) is 0 Å². The Morgan fingerprint density at radius 3 is 2.31 bits per heavy atom. The molecule has 0 aromatic carbocycles. The first kappa shape index (κ1) is 14.0. The summed E-state index contributed by atoms with van der Waals surface area (Å²) in [5.74, 6) is 2.48. The lowest BCUT2D eigenvalue weighted by atomic mass is 9.91. The molecule has 4 atom stereocenters. The highest BCUT2D eigenvalue weighted by atomic mass is 16.5. The molecular weight excluding hydrogens is 196 g/mol. The van der Waals surface area contributed by atoms with Crippen LogP contribution in [0.25, 0.3) is 0 Å². The minimum absolute atomic E-state index is 0.404. The summed E-state index contributed by atoms with van der Waals surface area (Å²) in [4.78, 5) is 0. The Morgan fingerprint density at radius 2 is 1.88 bits per heavy atom. The molecule has 0 aliphatic heterocycles. The molecule has 1 aliphatic carbocycles. The Kier molecular flexibility index (Phi) is 5.82. The Labute approximate surface area is 102 Å². The third-order valence-corrected chi connectivity index (χ3v) is 4.41. The van der Waals surface area contributed by atoms with E-state index in [4.69, 9.17) is 4.74 Å².